The van der Waals surface area contributed by atoms with Crippen molar-refractivity contribution in [2.24, 2.45) is 10.9 Å². The highest BCUT2D eigenvalue weighted by atomic mass is 127. The first-order valence-electron chi connectivity index (χ1n) is 11.1. The Kier molecular flexibility index (Phi) is 9.99. The SMILES string of the molecule is CN=C(NCC1CCN(C(=O)OC(C)(C)C)CC1)NC1CCc2nc(COC)nn2C1.I. The summed E-state index contributed by atoms with van der Waals surface area (Å²) in [6, 6.07) is 0.254. The molecule has 1 unspecified atom stereocenters. The normalized spacial score (nSPS) is 19.7. The van der Waals surface area contributed by atoms with Gasteiger partial charge in [0.05, 0.1) is 6.54 Å². The lowest BCUT2D eigenvalue weighted by molar-refractivity contribution is 0.0185. The van der Waals surface area contributed by atoms with E-state index in [2.05, 4.69) is 25.7 Å². The maximum absolute atomic E-state index is 12.2. The molecule has 10 nitrogen and oxygen atoms in total. The number of aromatic nitrogens is 3. The third kappa shape index (κ3) is 7.75. The Morgan fingerprint density at radius 1 is 1.25 bits per heavy atom. The Morgan fingerprint density at radius 2 is 1.97 bits per heavy atom. The average Bonchev–Trinajstić information content (AvgIpc) is 3.12. The number of ether oxygens (including phenoxy) is 2. The zero-order valence-electron chi connectivity index (χ0n) is 19.9. The molecule has 0 aromatic carbocycles. The molecule has 0 spiro atoms. The van der Waals surface area contributed by atoms with Crippen LogP contribution in [0.2, 0.25) is 0 Å². The molecule has 1 fully saturated rings. The summed E-state index contributed by atoms with van der Waals surface area (Å²) in [6.07, 6.45) is 3.57. The summed E-state index contributed by atoms with van der Waals surface area (Å²) >= 11 is 0. The highest BCUT2D eigenvalue weighted by molar-refractivity contribution is 14.0. The fourth-order valence-electron chi connectivity index (χ4n) is 3.94. The number of carbonyl (C=O) groups is 1. The van der Waals surface area contributed by atoms with Gasteiger partial charge in [0.25, 0.3) is 0 Å². The maximum Gasteiger partial charge on any atom is 0.410 e. The first-order valence-corrected chi connectivity index (χ1v) is 11.1. The van der Waals surface area contributed by atoms with E-state index in [4.69, 9.17) is 9.47 Å². The third-order valence-electron chi connectivity index (χ3n) is 5.56. The van der Waals surface area contributed by atoms with E-state index in [0.29, 0.717) is 12.5 Å². The summed E-state index contributed by atoms with van der Waals surface area (Å²) in [5.41, 5.74) is -0.453. The largest absolute Gasteiger partial charge is 0.444 e. The number of nitrogens with zero attached hydrogens (tertiary/aromatic N) is 5. The van der Waals surface area contributed by atoms with E-state index < -0.39 is 5.60 Å². The number of piperidine rings is 1. The number of aryl methyl sites for hydroxylation is 1. The standard InChI is InChI=1S/C21H37N7O3.HI/c1-21(2,3)31-20(29)27-10-8-15(9-11-27)12-23-19(22-4)24-16-6-7-18-25-17(14-30-5)26-28(18)13-16;/h15-16H,6-14H2,1-5H3,(H2,22,23,24);1H. The molecule has 0 aliphatic carbocycles. The van der Waals surface area contributed by atoms with Crippen LogP contribution >= 0.6 is 24.0 Å². The highest BCUT2D eigenvalue weighted by Gasteiger charge is 2.27. The second kappa shape index (κ2) is 12.0. The predicted molar refractivity (Wildman–Crippen MR) is 133 cm³/mol. The molecule has 0 radical (unpaired) electrons. The Labute approximate surface area is 207 Å². The Hall–Kier alpha value is -1.63. The van der Waals surface area contributed by atoms with E-state index in [1.807, 2.05) is 30.4 Å². The van der Waals surface area contributed by atoms with Crippen LogP contribution in [-0.4, -0.2) is 77.2 Å². The maximum atomic E-state index is 12.2. The molecule has 0 saturated carbocycles. The summed E-state index contributed by atoms with van der Waals surface area (Å²) in [5, 5.41) is 11.5. The second-order valence-corrected chi connectivity index (χ2v) is 9.30. The van der Waals surface area contributed by atoms with Gasteiger partial charge in [0, 0.05) is 46.3 Å². The summed E-state index contributed by atoms with van der Waals surface area (Å²) in [6.45, 7) is 9.19. The van der Waals surface area contributed by atoms with Crippen molar-refractivity contribution in [1.82, 2.24) is 30.3 Å². The van der Waals surface area contributed by atoms with Gasteiger partial charge >= 0.3 is 6.09 Å². The predicted octanol–water partition coefficient (Wildman–Crippen LogP) is 2.17. The number of likely N-dealkylation sites (tertiary alicyclic amines) is 1. The van der Waals surface area contributed by atoms with Crippen LogP contribution < -0.4 is 10.6 Å². The van der Waals surface area contributed by atoms with Gasteiger partial charge in [0.15, 0.2) is 11.8 Å². The molecule has 1 saturated heterocycles. The fourth-order valence-corrected chi connectivity index (χ4v) is 3.94. The number of rotatable bonds is 5. The molecule has 2 N–H and O–H groups in total. The van der Waals surface area contributed by atoms with Gasteiger partial charge in [-0.3, -0.25) is 4.99 Å². The van der Waals surface area contributed by atoms with Crippen LogP contribution in [0.1, 0.15) is 51.7 Å². The minimum Gasteiger partial charge on any atom is -0.444 e. The first-order chi connectivity index (χ1) is 14.8. The molecule has 182 valence electrons. The topological polar surface area (TPSA) is 106 Å². The molecule has 2 aliphatic heterocycles. The monoisotopic (exact) mass is 563 g/mol. The number of methoxy groups -OCH3 is 1. The molecule has 1 atom stereocenters. The molecule has 3 heterocycles. The van der Waals surface area contributed by atoms with Gasteiger partial charge in [-0.1, -0.05) is 0 Å². The lowest BCUT2D eigenvalue weighted by Crippen LogP contribution is -2.49. The molecule has 3 rings (SSSR count). The number of carbonyl (C=O) groups excluding carboxylic acids is 1. The molecule has 1 aromatic rings. The van der Waals surface area contributed by atoms with Gasteiger partial charge < -0.3 is 25.0 Å². The molecular weight excluding hydrogens is 525 g/mol. The van der Waals surface area contributed by atoms with Gasteiger partial charge in [-0.05, 0) is 46.0 Å². The Morgan fingerprint density at radius 3 is 2.59 bits per heavy atom. The zero-order chi connectivity index (χ0) is 22.4. The number of amides is 1. The smallest absolute Gasteiger partial charge is 0.410 e. The van der Waals surface area contributed by atoms with Crippen molar-refractivity contribution < 1.29 is 14.3 Å². The van der Waals surface area contributed by atoms with Gasteiger partial charge in [0.2, 0.25) is 0 Å². The van der Waals surface area contributed by atoms with Crippen molar-refractivity contribution in [3.63, 3.8) is 0 Å². The molecule has 11 heteroatoms. The van der Waals surface area contributed by atoms with Crippen molar-refractivity contribution in [3.8, 4) is 0 Å². The van der Waals surface area contributed by atoms with E-state index in [9.17, 15) is 4.79 Å². The highest BCUT2D eigenvalue weighted by Crippen LogP contribution is 2.19. The van der Waals surface area contributed by atoms with Crippen LogP contribution in [0, 0.1) is 5.92 Å². The van der Waals surface area contributed by atoms with Crippen molar-refractivity contribution >= 4 is 36.0 Å². The quantitative estimate of drug-likeness (QED) is 0.322. The third-order valence-corrected chi connectivity index (χ3v) is 5.56. The van der Waals surface area contributed by atoms with Crippen LogP contribution in [0.5, 0.6) is 0 Å². The number of aliphatic imine (C=N–C) groups is 1. The van der Waals surface area contributed by atoms with Crippen molar-refractivity contribution in [1.29, 1.82) is 0 Å². The van der Waals surface area contributed by atoms with Crippen LogP contribution in [-0.2, 0) is 29.0 Å². The summed E-state index contributed by atoms with van der Waals surface area (Å²) in [7, 11) is 3.45. The lowest BCUT2D eigenvalue weighted by atomic mass is 9.97. The van der Waals surface area contributed by atoms with Crippen LogP contribution in [0.3, 0.4) is 0 Å². The fraction of sp³-hybridized carbons (Fsp3) is 0.810. The first kappa shape index (κ1) is 26.6. The summed E-state index contributed by atoms with van der Waals surface area (Å²) < 4.78 is 12.6. The zero-order valence-corrected chi connectivity index (χ0v) is 22.2. The van der Waals surface area contributed by atoms with E-state index in [-0.39, 0.29) is 36.1 Å². The number of nitrogens with one attached hydrogen (secondary N) is 2. The number of guanidine groups is 1. The lowest BCUT2D eigenvalue weighted by Gasteiger charge is -2.34. The summed E-state index contributed by atoms with van der Waals surface area (Å²) in [4.78, 5) is 22.9. The van der Waals surface area contributed by atoms with E-state index in [0.717, 1.165) is 69.5 Å². The van der Waals surface area contributed by atoms with Gasteiger partial charge in [-0.15, -0.1) is 24.0 Å². The van der Waals surface area contributed by atoms with E-state index in [1.165, 1.54) is 0 Å². The van der Waals surface area contributed by atoms with E-state index >= 15 is 0 Å². The van der Waals surface area contributed by atoms with Gasteiger partial charge in [-0.25, -0.2) is 14.5 Å². The van der Waals surface area contributed by atoms with E-state index in [1.54, 1.807) is 14.2 Å². The molecule has 0 bridgehead atoms. The Bertz CT molecular complexity index is 770. The molecule has 1 amide bonds. The van der Waals surface area contributed by atoms with Crippen molar-refractivity contribution in [2.45, 2.75) is 71.2 Å². The minimum absolute atomic E-state index is 0. The van der Waals surface area contributed by atoms with Crippen LogP contribution in [0.15, 0.2) is 4.99 Å². The van der Waals surface area contributed by atoms with Crippen LogP contribution in [0.4, 0.5) is 4.79 Å². The van der Waals surface area contributed by atoms with Gasteiger partial charge in [-0.2, -0.15) is 5.10 Å². The van der Waals surface area contributed by atoms with Crippen molar-refractivity contribution in [3.05, 3.63) is 11.6 Å². The number of halogens is 1. The minimum atomic E-state index is -0.453. The van der Waals surface area contributed by atoms with Crippen LogP contribution in [0.25, 0.3) is 0 Å². The molecule has 1 aromatic heterocycles. The second-order valence-electron chi connectivity index (χ2n) is 9.30. The number of hydrogen-bond acceptors (Lipinski definition) is 6. The number of hydrogen-bond donors (Lipinski definition) is 2. The molecular formula is C21H38IN7O3. The van der Waals surface area contributed by atoms with Crippen molar-refractivity contribution in [2.75, 3.05) is 33.8 Å². The molecule has 32 heavy (non-hydrogen) atoms. The van der Waals surface area contributed by atoms with Gasteiger partial charge in [0.1, 0.15) is 18.0 Å². The number of fused-ring (bicyclic) bond motifs is 1. The average molecular weight is 563 g/mol. The molecule has 2 aliphatic rings. The Balaban J connectivity index is 0.00000363. The summed E-state index contributed by atoms with van der Waals surface area (Å²) in [5.74, 6) is 3.06.